The van der Waals surface area contributed by atoms with Crippen molar-refractivity contribution in [3.05, 3.63) is 52.6 Å². The number of methoxy groups -OCH3 is 1. The van der Waals surface area contributed by atoms with Gasteiger partial charge in [0.05, 0.1) is 12.7 Å². The maximum absolute atomic E-state index is 6.15. The lowest BCUT2D eigenvalue weighted by atomic mass is 10.0. The minimum atomic E-state index is -0.164. The van der Waals surface area contributed by atoms with Gasteiger partial charge < -0.3 is 15.2 Å². The third-order valence-corrected chi connectivity index (χ3v) is 3.69. The molecular formula is C18H23NO2. The third kappa shape index (κ3) is 3.19. The van der Waals surface area contributed by atoms with Crippen LogP contribution in [0, 0.1) is 20.8 Å². The molecule has 0 aromatic heterocycles. The van der Waals surface area contributed by atoms with Crippen LogP contribution in [-0.4, -0.2) is 7.11 Å². The van der Waals surface area contributed by atoms with Gasteiger partial charge in [0.2, 0.25) is 0 Å². The van der Waals surface area contributed by atoms with Crippen molar-refractivity contribution in [2.75, 3.05) is 7.11 Å². The van der Waals surface area contributed by atoms with Gasteiger partial charge in [-0.05, 0) is 62.6 Å². The average molecular weight is 285 g/mol. The fourth-order valence-electron chi connectivity index (χ4n) is 2.46. The van der Waals surface area contributed by atoms with E-state index in [4.69, 9.17) is 15.2 Å². The molecule has 2 rings (SSSR count). The van der Waals surface area contributed by atoms with Crippen LogP contribution in [0.1, 0.15) is 35.2 Å². The Labute approximate surface area is 126 Å². The maximum atomic E-state index is 6.15. The second-order valence-electron chi connectivity index (χ2n) is 5.47. The van der Waals surface area contributed by atoms with E-state index in [0.29, 0.717) is 0 Å². The summed E-state index contributed by atoms with van der Waals surface area (Å²) >= 11 is 0. The zero-order valence-corrected chi connectivity index (χ0v) is 13.4. The van der Waals surface area contributed by atoms with Crippen LogP contribution in [0.3, 0.4) is 0 Å². The van der Waals surface area contributed by atoms with Crippen LogP contribution in [-0.2, 0) is 0 Å². The summed E-state index contributed by atoms with van der Waals surface area (Å²) in [5, 5.41) is 0. The Kier molecular flexibility index (Phi) is 4.53. The van der Waals surface area contributed by atoms with Crippen LogP contribution in [0.4, 0.5) is 0 Å². The molecule has 0 bridgehead atoms. The van der Waals surface area contributed by atoms with Crippen LogP contribution in [0.25, 0.3) is 0 Å². The zero-order chi connectivity index (χ0) is 15.6. The largest absolute Gasteiger partial charge is 0.496 e. The van der Waals surface area contributed by atoms with Gasteiger partial charge in [-0.25, -0.2) is 0 Å². The van der Waals surface area contributed by atoms with Gasteiger partial charge in [-0.2, -0.15) is 0 Å². The zero-order valence-electron chi connectivity index (χ0n) is 13.4. The fourth-order valence-corrected chi connectivity index (χ4v) is 2.46. The number of nitrogens with two attached hydrogens (primary N) is 1. The van der Waals surface area contributed by atoms with Crippen LogP contribution >= 0.6 is 0 Å². The summed E-state index contributed by atoms with van der Waals surface area (Å²) in [5.74, 6) is 2.37. The molecule has 0 radical (unpaired) electrons. The first-order valence-corrected chi connectivity index (χ1v) is 7.12. The number of benzene rings is 2. The van der Waals surface area contributed by atoms with Gasteiger partial charge in [0.15, 0.2) is 0 Å². The molecule has 0 saturated heterocycles. The Hall–Kier alpha value is -2.00. The molecule has 112 valence electrons. The van der Waals surface area contributed by atoms with Crippen molar-refractivity contribution in [1.82, 2.24) is 0 Å². The predicted molar refractivity (Wildman–Crippen MR) is 86.3 cm³/mol. The van der Waals surface area contributed by atoms with Crippen molar-refractivity contribution in [2.24, 2.45) is 5.73 Å². The molecule has 2 aromatic carbocycles. The minimum absolute atomic E-state index is 0.164. The van der Waals surface area contributed by atoms with Crippen LogP contribution in [0.5, 0.6) is 17.2 Å². The van der Waals surface area contributed by atoms with Gasteiger partial charge in [0.1, 0.15) is 17.2 Å². The van der Waals surface area contributed by atoms with E-state index in [2.05, 4.69) is 26.8 Å². The first kappa shape index (κ1) is 15.4. The van der Waals surface area contributed by atoms with E-state index in [0.717, 1.165) is 28.4 Å². The normalized spacial score (nSPS) is 12.1. The van der Waals surface area contributed by atoms with E-state index in [1.54, 1.807) is 7.11 Å². The van der Waals surface area contributed by atoms with E-state index >= 15 is 0 Å². The third-order valence-electron chi connectivity index (χ3n) is 3.69. The van der Waals surface area contributed by atoms with Crippen molar-refractivity contribution >= 4 is 0 Å². The number of ether oxygens (including phenoxy) is 2. The van der Waals surface area contributed by atoms with Crippen LogP contribution in [0.15, 0.2) is 30.3 Å². The molecule has 0 aliphatic rings. The van der Waals surface area contributed by atoms with Crippen LogP contribution in [0.2, 0.25) is 0 Å². The number of hydrogen-bond acceptors (Lipinski definition) is 3. The molecule has 1 atom stereocenters. The monoisotopic (exact) mass is 285 g/mol. The highest BCUT2D eigenvalue weighted by Gasteiger charge is 2.16. The molecule has 3 nitrogen and oxygen atoms in total. The summed E-state index contributed by atoms with van der Waals surface area (Å²) < 4.78 is 11.5. The number of rotatable bonds is 4. The molecule has 0 aliphatic carbocycles. The van der Waals surface area contributed by atoms with Gasteiger partial charge >= 0.3 is 0 Å². The highest BCUT2D eigenvalue weighted by molar-refractivity contribution is 5.50. The number of aryl methyl sites for hydroxylation is 2. The lowest BCUT2D eigenvalue weighted by Crippen LogP contribution is -2.09. The van der Waals surface area contributed by atoms with Crippen molar-refractivity contribution in [3.8, 4) is 17.2 Å². The smallest absolute Gasteiger partial charge is 0.135 e. The lowest BCUT2D eigenvalue weighted by molar-refractivity contribution is 0.397. The first-order valence-electron chi connectivity index (χ1n) is 7.12. The second-order valence-corrected chi connectivity index (χ2v) is 5.47. The van der Waals surface area contributed by atoms with E-state index in [9.17, 15) is 0 Å². The standard InChI is InChI=1S/C18H23NO2/c1-11-9-12(2)13(3)17(10-11)21-16-8-6-7-15(20-5)18(16)14(4)19/h6-10,14H,19H2,1-5H3/t14-/m0/s1. The molecule has 2 N–H and O–H groups in total. The minimum Gasteiger partial charge on any atom is -0.496 e. The highest BCUT2D eigenvalue weighted by Crippen LogP contribution is 2.37. The molecule has 2 aromatic rings. The molecule has 0 heterocycles. The van der Waals surface area contributed by atoms with Gasteiger partial charge in [-0.1, -0.05) is 12.1 Å². The van der Waals surface area contributed by atoms with Gasteiger partial charge in [0.25, 0.3) is 0 Å². The molecule has 0 fully saturated rings. The molecule has 0 spiro atoms. The van der Waals surface area contributed by atoms with Crippen molar-refractivity contribution in [2.45, 2.75) is 33.7 Å². The van der Waals surface area contributed by atoms with Crippen molar-refractivity contribution in [1.29, 1.82) is 0 Å². The Morgan fingerprint density at radius 3 is 2.29 bits per heavy atom. The summed E-state index contributed by atoms with van der Waals surface area (Å²) in [6.45, 7) is 8.15. The first-order chi connectivity index (χ1) is 9.93. The van der Waals surface area contributed by atoms with Crippen molar-refractivity contribution in [3.63, 3.8) is 0 Å². The Morgan fingerprint density at radius 2 is 1.67 bits per heavy atom. The fraction of sp³-hybridized carbons (Fsp3) is 0.333. The summed E-state index contributed by atoms with van der Waals surface area (Å²) in [4.78, 5) is 0. The summed E-state index contributed by atoms with van der Waals surface area (Å²) in [7, 11) is 1.65. The highest BCUT2D eigenvalue weighted by atomic mass is 16.5. The molecular weight excluding hydrogens is 262 g/mol. The Morgan fingerprint density at radius 1 is 1.00 bits per heavy atom. The predicted octanol–water partition coefficient (Wildman–Crippen LogP) is 4.43. The second kappa shape index (κ2) is 6.19. The molecule has 0 unspecified atom stereocenters. The van der Waals surface area contributed by atoms with Gasteiger partial charge in [0, 0.05) is 6.04 Å². The summed E-state index contributed by atoms with van der Waals surface area (Å²) in [6.07, 6.45) is 0. The SMILES string of the molecule is COc1cccc(Oc2cc(C)cc(C)c2C)c1[C@H](C)N. The van der Waals surface area contributed by atoms with E-state index in [1.807, 2.05) is 31.2 Å². The molecule has 0 saturated carbocycles. The number of hydrogen-bond donors (Lipinski definition) is 1. The van der Waals surface area contributed by atoms with E-state index in [1.165, 1.54) is 11.1 Å². The maximum Gasteiger partial charge on any atom is 0.135 e. The Bertz CT molecular complexity index is 648. The van der Waals surface area contributed by atoms with Crippen molar-refractivity contribution < 1.29 is 9.47 Å². The average Bonchev–Trinajstić information content (AvgIpc) is 2.43. The molecule has 21 heavy (non-hydrogen) atoms. The topological polar surface area (TPSA) is 44.5 Å². The summed E-state index contributed by atoms with van der Waals surface area (Å²) in [6, 6.07) is 9.78. The van der Waals surface area contributed by atoms with E-state index in [-0.39, 0.29) is 6.04 Å². The molecule has 0 amide bonds. The quantitative estimate of drug-likeness (QED) is 0.903. The molecule has 0 aliphatic heterocycles. The van der Waals surface area contributed by atoms with E-state index < -0.39 is 0 Å². The lowest BCUT2D eigenvalue weighted by Gasteiger charge is -2.19. The summed E-state index contributed by atoms with van der Waals surface area (Å²) in [5.41, 5.74) is 10.5. The van der Waals surface area contributed by atoms with Gasteiger partial charge in [-0.15, -0.1) is 0 Å². The molecule has 3 heteroatoms. The van der Waals surface area contributed by atoms with Gasteiger partial charge in [-0.3, -0.25) is 0 Å². The van der Waals surface area contributed by atoms with Crippen LogP contribution < -0.4 is 15.2 Å². The Balaban J connectivity index is 2.50.